The van der Waals surface area contributed by atoms with Crippen LogP contribution in [0.5, 0.6) is 0 Å². The predicted molar refractivity (Wildman–Crippen MR) is 96.1 cm³/mol. The molecule has 3 rings (SSSR count). The first-order chi connectivity index (χ1) is 11.8. The van der Waals surface area contributed by atoms with E-state index >= 15 is 0 Å². The third kappa shape index (κ3) is 3.93. The van der Waals surface area contributed by atoms with Crippen LogP contribution >= 0.6 is 0 Å². The van der Waals surface area contributed by atoms with E-state index in [0.29, 0.717) is 6.54 Å². The second-order valence-electron chi connectivity index (χ2n) is 6.32. The van der Waals surface area contributed by atoms with E-state index in [1.54, 1.807) is 6.33 Å². The van der Waals surface area contributed by atoms with Crippen molar-refractivity contribution in [2.45, 2.75) is 33.2 Å². The van der Waals surface area contributed by atoms with Crippen LogP contribution in [0.4, 0.5) is 0 Å². The molecule has 1 unspecified atom stereocenters. The Hall–Kier alpha value is -2.37. The maximum absolute atomic E-state index is 4.81. The Bertz CT molecular complexity index is 663. The number of likely N-dealkylation sites (tertiary alicyclic amines) is 1. The molecular weight excluding hydrogens is 300 g/mol. The zero-order valence-electron chi connectivity index (χ0n) is 14.5. The average Bonchev–Trinajstić information content (AvgIpc) is 3.08. The topological polar surface area (TPSA) is 58.3 Å². The Morgan fingerprint density at radius 1 is 1.33 bits per heavy atom. The molecule has 1 saturated heterocycles. The number of benzene rings is 1. The van der Waals surface area contributed by atoms with E-state index in [-0.39, 0.29) is 0 Å². The van der Waals surface area contributed by atoms with E-state index in [9.17, 15) is 0 Å². The van der Waals surface area contributed by atoms with Crippen molar-refractivity contribution in [3.8, 4) is 5.69 Å². The summed E-state index contributed by atoms with van der Waals surface area (Å²) in [6, 6.07) is 10.1. The molecule has 6 heteroatoms. The summed E-state index contributed by atoms with van der Waals surface area (Å²) < 4.78 is 1.99. The van der Waals surface area contributed by atoms with Crippen LogP contribution < -0.4 is 5.32 Å². The van der Waals surface area contributed by atoms with Gasteiger partial charge < -0.3 is 10.2 Å². The lowest BCUT2D eigenvalue weighted by Gasteiger charge is -2.33. The lowest BCUT2D eigenvalue weighted by molar-refractivity contribution is 0.266. The summed E-state index contributed by atoms with van der Waals surface area (Å²) in [6.07, 6.45) is 4.28. The lowest BCUT2D eigenvalue weighted by atomic mass is 10.0. The molecule has 0 radical (unpaired) electrons. The Balaban J connectivity index is 1.76. The van der Waals surface area contributed by atoms with Crippen molar-refractivity contribution in [2.75, 3.05) is 19.6 Å². The van der Waals surface area contributed by atoms with Crippen molar-refractivity contribution in [1.29, 1.82) is 0 Å². The summed E-state index contributed by atoms with van der Waals surface area (Å²) in [7, 11) is 0. The normalized spacial score (nSPS) is 18.7. The van der Waals surface area contributed by atoms with Gasteiger partial charge in [-0.3, -0.25) is 4.57 Å². The summed E-state index contributed by atoms with van der Waals surface area (Å²) >= 11 is 0. The number of rotatable bonds is 4. The summed E-state index contributed by atoms with van der Waals surface area (Å²) in [6.45, 7) is 7.94. The molecule has 6 nitrogen and oxygen atoms in total. The average molecular weight is 326 g/mol. The fourth-order valence-electron chi connectivity index (χ4n) is 3.12. The molecule has 2 heterocycles. The van der Waals surface area contributed by atoms with E-state index in [1.807, 2.05) is 34.9 Å². The minimum atomic E-state index is 0.516. The Morgan fingerprint density at radius 2 is 2.17 bits per heavy atom. The van der Waals surface area contributed by atoms with Gasteiger partial charge in [-0.05, 0) is 37.8 Å². The molecule has 0 amide bonds. The quantitative estimate of drug-likeness (QED) is 0.693. The van der Waals surface area contributed by atoms with Gasteiger partial charge in [0.25, 0.3) is 0 Å². The molecule has 1 aliphatic heterocycles. The Morgan fingerprint density at radius 3 is 2.92 bits per heavy atom. The van der Waals surface area contributed by atoms with Gasteiger partial charge in [-0.1, -0.05) is 25.1 Å². The first-order valence-electron chi connectivity index (χ1n) is 8.75. The van der Waals surface area contributed by atoms with Crippen LogP contribution in [0.1, 0.15) is 32.5 Å². The fourth-order valence-corrected chi connectivity index (χ4v) is 3.12. The highest BCUT2D eigenvalue weighted by molar-refractivity contribution is 5.80. The molecular formula is C18H26N6. The van der Waals surface area contributed by atoms with Gasteiger partial charge in [0, 0.05) is 25.3 Å². The minimum absolute atomic E-state index is 0.516. The van der Waals surface area contributed by atoms with Crippen LogP contribution in [-0.2, 0) is 6.54 Å². The van der Waals surface area contributed by atoms with Gasteiger partial charge in [-0.15, -0.1) is 10.2 Å². The number of aromatic nitrogens is 3. The number of nitrogens with zero attached hydrogens (tertiary/aromatic N) is 5. The molecule has 1 atom stereocenters. The van der Waals surface area contributed by atoms with Crippen molar-refractivity contribution in [2.24, 2.45) is 10.9 Å². The zero-order valence-corrected chi connectivity index (χ0v) is 14.5. The number of para-hydroxylation sites is 1. The van der Waals surface area contributed by atoms with E-state index in [0.717, 1.165) is 43.0 Å². The number of piperidine rings is 1. The highest BCUT2D eigenvalue weighted by atomic mass is 15.3. The second kappa shape index (κ2) is 7.95. The van der Waals surface area contributed by atoms with E-state index < -0.39 is 0 Å². The predicted octanol–water partition coefficient (Wildman–Crippen LogP) is 2.46. The molecule has 0 saturated carbocycles. The largest absolute Gasteiger partial charge is 0.357 e. The fraction of sp³-hybridized carbons (Fsp3) is 0.500. The van der Waals surface area contributed by atoms with Gasteiger partial charge in [-0.2, -0.15) is 0 Å². The van der Waals surface area contributed by atoms with E-state index in [4.69, 9.17) is 4.99 Å². The number of hydrogen-bond acceptors (Lipinski definition) is 3. The third-order valence-electron chi connectivity index (χ3n) is 4.31. The van der Waals surface area contributed by atoms with Gasteiger partial charge in [0.05, 0.1) is 0 Å². The molecule has 24 heavy (non-hydrogen) atoms. The number of aliphatic imine (C=N–C) groups is 1. The molecule has 0 spiro atoms. The standard InChI is InChI=1S/C18H26N6/c1-3-19-18(23-11-7-8-15(2)13-23)20-12-17-22-21-14-24(17)16-9-5-4-6-10-16/h4-6,9-10,14-15H,3,7-8,11-13H2,1-2H3,(H,19,20). The van der Waals surface area contributed by atoms with Crippen LogP contribution in [0, 0.1) is 5.92 Å². The van der Waals surface area contributed by atoms with Crippen LogP contribution in [0.3, 0.4) is 0 Å². The van der Waals surface area contributed by atoms with Gasteiger partial charge in [0.1, 0.15) is 12.9 Å². The molecule has 1 N–H and O–H groups in total. The molecule has 1 aromatic carbocycles. The van der Waals surface area contributed by atoms with E-state index in [1.165, 1.54) is 12.8 Å². The van der Waals surface area contributed by atoms with Gasteiger partial charge >= 0.3 is 0 Å². The van der Waals surface area contributed by atoms with Crippen molar-refractivity contribution < 1.29 is 0 Å². The lowest BCUT2D eigenvalue weighted by Crippen LogP contribution is -2.46. The van der Waals surface area contributed by atoms with Crippen LogP contribution in [-0.4, -0.2) is 45.3 Å². The molecule has 1 fully saturated rings. The Kier molecular flexibility index (Phi) is 5.46. The van der Waals surface area contributed by atoms with Crippen molar-refractivity contribution in [1.82, 2.24) is 25.0 Å². The highest BCUT2D eigenvalue weighted by Crippen LogP contribution is 2.16. The van der Waals surface area contributed by atoms with Gasteiger partial charge in [0.2, 0.25) is 0 Å². The summed E-state index contributed by atoms with van der Waals surface area (Å²) in [5.41, 5.74) is 1.06. The maximum Gasteiger partial charge on any atom is 0.194 e. The van der Waals surface area contributed by atoms with Crippen LogP contribution in [0.25, 0.3) is 5.69 Å². The van der Waals surface area contributed by atoms with Gasteiger partial charge in [-0.25, -0.2) is 4.99 Å². The molecule has 0 bridgehead atoms. The molecule has 1 aromatic heterocycles. The van der Waals surface area contributed by atoms with Gasteiger partial charge in [0.15, 0.2) is 11.8 Å². The molecule has 128 valence electrons. The van der Waals surface area contributed by atoms with Crippen LogP contribution in [0.2, 0.25) is 0 Å². The van der Waals surface area contributed by atoms with Crippen molar-refractivity contribution >= 4 is 5.96 Å². The highest BCUT2D eigenvalue weighted by Gasteiger charge is 2.19. The van der Waals surface area contributed by atoms with Crippen molar-refractivity contribution in [3.63, 3.8) is 0 Å². The van der Waals surface area contributed by atoms with Crippen molar-refractivity contribution in [3.05, 3.63) is 42.5 Å². The molecule has 2 aromatic rings. The summed E-state index contributed by atoms with van der Waals surface area (Å²) in [4.78, 5) is 7.17. The van der Waals surface area contributed by atoms with Crippen LogP contribution in [0.15, 0.2) is 41.7 Å². The van der Waals surface area contributed by atoms with E-state index in [2.05, 4.69) is 34.3 Å². The second-order valence-corrected chi connectivity index (χ2v) is 6.32. The smallest absolute Gasteiger partial charge is 0.194 e. The summed E-state index contributed by atoms with van der Waals surface area (Å²) in [5.74, 6) is 2.55. The third-order valence-corrected chi connectivity index (χ3v) is 4.31. The monoisotopic (exact) mass is 326 g/mol. The number of nitrogens with one attached hydrogen (secondary N) is 1. The SMILES string of the molecule is CCNC(=NCc1nncn1-c1ccccc1)N1CCCC(C)C1. The first kappa shape index (κ1) is 16.5. The zero-order chi connectivity index (χ0) is 16.8. The number of hydrogen-bond donors (Lipinski definition) is 1. The Labute approximate surface area is 143 Å². The molecule has 0 aliphatic carbocycles. The molecule has 1 aliphatic rings. The number of guanidine groups is 1. The first-order valence-corrected chi connectivity index (χ1v) is 8.75. The summed E-state index contributed by atoms with van der Waals surface area (Å²) in [5, 5.41) is 11.7. The minimum Gasteiger partial charge on any atom is -0.357 e. The maximum atomic E-state index is 4.81.